The summed E-state index contributed by atoms with van der Waals surface area (Å²) in [7, 11) is 0. The Bertz CT molecular complexity index is 286. The lowest BCUT2D eigenvalue weighted by atomic mass is 10.2. The quantitative estimate of drug-likeness (QED) is 0.812. The molecular weight excluding hydrogens is 186 g/mol. The molecule has 0 saturated carbocycles. The smallest absolute Gasteiger partial charge is 0.138 e. The first kappa shape index (κ1) is 10.4. The molecule has 0 spiro atoms. The van der Waals surface area contributed by atoms with Gasteiger partial charge in [0, 0.05) is 6.04 Å². The second kappa shape index (κ2) is 4.49. The van der Waals surface area contributed by atoms with E-state index in [4.69, 9.17) is 22.1 Å². The van der Waals surface area contributed by atoms with Crippen molar-refractivity contribution in [2.75, 3.05) is 6.61 Å². The van der Waals surface area contributed by atoms with Crippen LogP contribution in [0.1, 0.15) is 12.5 Å². The minimum Gasteiger partial charge on any atom is -0.490 e. The van der Waals surface area contributed by atoms with E-state index in [0.29, 0.717) is 17.4 Å². The molecule has 0 radical (unpaired) electrons. The van der Waals surface area contributed by atoms with Gasteiger partial charge in [-0.3, -0.25) is 0 Å². The van der Waals surface area contributed by atoms with Crippen molar-refractivity contribution in [3.05, 3.63) is 28.8 Å². The fourth-order valence-corrected chi connectivity index (χ4v) is 1.11. The molecule has 0 bridgehead atoms. The fourth-order valence-electron chi connectivity index (χ4n) is 0.942. The lowest BCUT2D eigenvalue weighted by Gasteiger charge is -2.10. The highest BCUT2D eigenvalue weighted by atomic mass is 35.5. The highest BCUT2D eigenvalue weighted by molar-refractivity contribution is 6.32. The molecule has 0 saturated heterocycles. The Morgan fingerprint density at radius 1 is 1.54 bits per heavy atom. The molecule has 0 fully saturated rings. The topological polar surface area (TPSA) is 35.2 Å². The van der Waals surface area contributed by atoms with Crippen molar-refractivity contribution in [2.24, 2.45) is 5.73 Å². The molecule has 2 nitrogen and oxygen atoms in total. The summed E-state index contributed by atoms with van der Waals surface area (Å²) in [4.78, 5) is 0. The first-order chi connectivity index (χ1) is 6.09. The van der Waals surface area contributed by atoms with Crippen LogP contribution in [0.5, 0.6) is 5.75 Å². The zero-order chi connectivity index (χ0) is 9.84. The van der Waals surface area contributed by atoms with Crippen LogP contribution in [0.25, 0.3) is 0 Å². The van der Waals surface area contributed by atoms with Crippen molar-refractivity contribution in [3.8, 4) is 5.75 Å². The molecule has 1 rings (SSSR count). The van der Waals surface area contributed by atoms with Gasteiger partial charge >= 0.3 is 0 Å². The van der Waals surface area contributed by atoms with Crippen LogP contribution in [0, 0.1) is 6.92 Å². The molecule has 1 aromatic rings. The highest BCUT2D eigenvalue weighted by Crippen LogP contribution is 2.25. The Balaban J connectivity index is 2.70. The van der Waals surface area contributed by atoms with Gasteiger partial charge in [-0.1, -0.05) is 17.7 Å². The van der Waals surface area contributed by atoms with Gasteiger partial charge in [0.05, 0.1) is 5.02 Å². The number of benzene rings is 1. The summed E-state index contributed by atoms with van der Waals surface area (Å²) in [5.74, 6) is 0.707. The van der Waals surface area contributed by atoms with Crippen LogP contribution in [0.15, 0.2) is 18.2 Å². The second-order valence-corrected chi connectivity index (χ2v) is 3.63. The third-order valence-corrected chi connectivity index (χ3v) is 1.90. The van der Waals surface area contributed by atoms with Crippen molar-refractivity contribution in [3.63, 3.8) is 0 Å². The van der Waals surface area contributed by atoms with E-state index in [-0.39, 0.29) is 6.04 Å². The molecule has 1 atom stereocenters. The lowest BCUT2D eigenvalue weighted by Crippen LogP contribution is -2.23. The van der Waals surface area contributed by atoms with Crippen molar-refractivity contribution in [1.29, 1.82) is 0 Å². The summed E-state index contributed by atoms with van der Waals surface area (Å²) in [6.45, 7) is 4.38. The van der Waals surface area contributed by atoms with Crippen LogP contribution in [-0.2, 0) is 0 Å². The summed E-state index contributed by atoms with van der Waals surface area (Å²) >= 11 is 5.91. The van der Waals surface area contributed by atoms with E-state index < -0.39 is 0 Å². The van der Waals surface area contributed by atoms with E-state index in [1.807, 2.05) is 32.0 Å². The molecule has 1 unspecified atom stereocenters. The van der Waals surface area contributed by atoms with Crippen LogP contribution in [0.3, 0.4) is 0 Å². The molecule has 13 heavy (non-hydrogen) atoms. The van der Waals surface area contributed by atoms with Gasteiger partial charge in [-0.2, -0.15) is 0 Å². The monoisotopic (exact) mass is 199 g/mol. The van der Waals surface area contributed by atoms with Crippen LogP contribution in [-0.4, -0.2) is 12.6 Å². The van der Waals surface area contributed by atoms with Gasteiger partial charge < -0.3 is 10.5 Å². The number of hydrogen-bond donors (Lipinski definition) is 1. The van der Waals surface area contributed by atoms with Crippen LogP contribution in [0.2, 0.25) is 5.02 Å². The van der Waals surface area contributed by atoms with Gasteiger partial charge in [0.2, 0.25) is 0 Å². The largest absolute Gasteiger partial charge is 0.490 e. The van der Waals surface area contributed by atoms with Gasteiger partial charge in [-0.25, -0.2) is 0 Å². The van der Waals surface area contributed by atoms with E-state index in [2.05, 4.69) is 0 Å². The zero-order valence-electron chi connectivity index (χ0n) is 7.88. The highest BCUT2D eigenvalue weighted by Gasteiger charge is 2.02. The summed E-state index contributed by atoms with van der Waals surface area (Å²) in [6.07, 6.45) is 0. The molecule has 0 heterocycles. The second-order valence-electron chi connectivity index (χ2n) is 3.22. The van der Waals surface area contributed by atoms with Gasteiger partial charge in [-0.05, 0) is 31.5 Å². The summed E-state index contributed by atoms with van der Waals surface area (Å²) in [6, 6.07) is 5.70. The number of nitrogens with two attached hydrogens (primary N) is 1. The van der Waals surface area contributed by atoms with Gasteiger partial charge in [0.15, 0.2) is 0 Å². The third kappa shape index (κ3) is 3.25. The van der Waals surface area contributed by atoms with Crippen molar-refractivity contribution in [1.82, 2.24) is 0 Å². The Morgan fingerprint density at radius 3 is 2.85 bits per heavy atom. The molecular formula is C10H14ClNO. The van der Waals surface area contributed by atoms with Crippen LogP contribution >= 0.6 is 11.6 Å². The minimum absolute atomic E-state index is 0.0246. The Labute approximate surface area is 83.6 Å². The molecule has 0 aliphatic heterocycles. The van der Waals surface area contributed by atoms with E-state index in [0.717, 1.165) is 5.56 Å². The Hall–Kier alpha value is -0.730. The molecule has 3 heteroatoms. The van der Waals surface area contributed by atoms with Crippen molar-refractivity contribution >= 4 is 11.6 Å². The predicted octanol–water partition coefficient (Wildman–Crippen LogP) is 2.37. The van der Waals surface area contributed by atoms with Gasteiger partial charge in [-0.15, -0.1) is 0 Å². The Morgan fingerprint density at radius 2 is 2.23 bits per heavy atom. The summed E-state index contributed by atoms with van der Waals surface area (Å²) in [5.41, 5.74) is 6.69. The summed E-state index contributed by atoms with van der Waals surface area (Å²) in [5, 5.41) is 0.631. The molecule has 0 aromatic heterocycles. The van der Waals surface area contributed by atoms with Gasteiger partial charge in [0.25, 0.3) is 0 Å². The molecule has 2 N–H and O–H groups in total. The number of halogens is 1. The molecule has 1 aromatic carbocycles. The predicted molar refractivity (Wildman–Crippen MR) is 55.3 cm³/mol. The van der Waals surface area contributed by atoms with E-state index >= 15 is 0 Å². The normalized spacial score (nSPS) is 12.6. The molecule has 0 aliphatic rings. The lowest BCUT2D eigenvalue weighted by molar-refractivity contribution is 0.296. The average molecular weight is 200 g/mol. The number of hydrogen-bond acceptors (Lipinski definition) is 2. The van der Waals surface area contributed by atoms with Crippen molar-refractivity contribution in [2.45, 2.75) is 19.9 Å². The van der Waals surface area contributed by atoms with E-state index in [1.54, 1.807) is 0 Å². The van der Waals surface area contributed by atoms with Crippen LogP contribution in [0.4, 0.5) is 0 Å². The molecule has 0 amide bonds. The first-order valence-electron chi connectivity index (χ1n) is 4.24. The number of aryl methyl sites for hydroxylation is 1. The number of ether oxygens (including phenoxy) is 1. The Kier molecular flexibility index (Phi) is 3.58. The summed E-state index contributed by atoms with van der Waals surface area (Å²) < 4.78 is 5.42. The zero-order valence-corrected chi connectivity index (χ0v) is 8.64. The standard InChI is InChI=1S/C10H14ClNO/c1-7-3-4-9(11)10(5-7)13-6-8(2)12/h3-5,8H,6,12H2,1-2H3. The van der Waals surface area contributed by atoms with Crippen molar-refractivity contribution < 1.29 is 4.74 Å². The molecule has 72 valence electrons. The van der Waals surface area contributed by atoms with Gasteiger partial charge in [0.1, 0.15) is 12.4 Å². The average Bonchev–Trinajstić information content (AvgIpc) is 2.06. The fraction of sp³-hybridized carbons (Fsp3) is 0.400. The maximum atomic E-state index is 5.91. The van der Waals surface area contributed by atoms with E-state index in [1.165, 1.54) is 0 Å². The van der Waals surface area contributed by atoms with E-state index in [9.17, 15) is 0 Å². The third-order valence-electron chi connectivity index (χ3n) is 1.59. The molecule has 0 aliphatic carbocycles. The van der Waals surface area contributed by atoms with Crippen LogP contribution < -0.4 is 10.5 Å². The number of rotatable bonds is 3. The SMILES string of the molecule is Cc1ccc(Cl)c(OCC(C)N)c1. The maximum Gasteiger partial charge on any atom is 0.138 e. The minimum atomic E-state index is 0.0246. The first-order valence-corrected chi connectivity index (χ1v) is 4.62. The maximum absolute atomic E-state index is 5.91.